The van der Waals surface area contributed by atoms with Crippen molar-refractivity contribution in [3.05, 3.63) is 125 Å². The summed E-state index contributed by atoms with van der Waals surface area (Å²) in [5, 5.41) is 7.65. The minimum Gasteiger partial charge on any atom is -0.399 e. The van der Waals surface area contributed by atoms with Gasteiger partial charge in [0.1, 0.15) is 0 Å². The van der Waals surface area contributed by atoms with Crippen molar-refractivity contribution in [3.63, 3.8) is 0 Å². The van der Waals surface area contributed by atoms with Crippen molar-refractivity contribution in [2.45, 2.75) is 6.54 Å². The topological polar surface area (TPSA) is 86.7 Å². The lowest BCUT2D eigenvalue weighted by Crippen LogP contribution is -1.98. The molecule has 210 valence electrons. The third-order valence-corrected chi connectivity index (χ3v) is 8.34. The molecule has 0 atom stereocenters. The Morgan fingerprint density at radius 3 is 1.90 bits per heavy atom. The molecule has 0 unspecified atom stereocenters. The average Bonchev–Trinajstić information content (AvgIpc) is 3.55. The van der Waals surface area contributed by atoms with Crippen LogP contribution in [0.25, 0.3) is 21.8 Å². The fraction of sp³-hybridized carbons (Fsp3) is 0.0333. The number of nitrogens with two attached hydrogens (primary N) is 1. The molecule has 0 radical (unpaired) electrons. The van der Waals surface area contributed by atoms with Gasteiger partial charge in [-0.1, -0.05) is 78.3 Å². The first kappa shape index (κ1) is 31.3. The molecule has 0 spiro atoms. The Kier molecular flexibility index (Phi) is 11.1. The van der Waals surface area contributed by atoms with Gasteiger partial charge in [-0.3, -0.25) is 4.79 Å². The monoisotopic (exact) mass is 752 g/mol. The van der Waals surface area contributed by atoms with Crippen LogP contribution in [0.4, 0.5) is 11.4 Å². The van der Waals surface area contributed by atoms with E-state index in [0.717, 1.165) is 37.3 Å². The van der Waals surface area contributed by atoms with Crippen molar-refractivity contribution < 1.29 is 4.79 Å². The molecule has 11 heteroatoms. The number of anilines is 2. The van der Waals surface area contributed by atoms with Crippen LogP contribution in [0.15, 0.2) is 94.1 Å². The molecule has 0 saturated carbocycles. The van der Waals surface area contributed by atoms with Gasteiger partial charge >= 0.3 is 0 Å². The highest BCUT2D eigenvalue weighted by atomic mass is 79.9. The van der Waals surface area contributed by atoms with E-state index in [1.807, 2.05) is 42.6 Å². The number of H-pyrrole nitrogens is 2. The Balaban J connectivity index is 0.000000156. The molecule has 0 aliphatic carbocycles. The predicted molar refractivity (Wildman–Crippen MR) is 182 cm³/mol. The molecule has 2 heterocycles. The van der Waals surface area contributed by atoms with Crippen LogP contribution in [-0.4, -0.2) is 16.3 Å². The van der Waals surface area contributed by atoms with Gasteiger partial charge in [-0.15, -0.1) is 0 Å². The van der Waals surface area contributed by atoms with E-state index >= 15 is 0 Å². The summed E-state index contributed by atoms with van der Waals surface area (Å²) < 4.78 is 2.05. The number of aromatic nitrogens is 2. The number of carbonyl (C=O) groups is 1. The van der Waals surface area contributed by atoms with E-state index in [1.165, 1.54) is 10.9 Å². The summed E-state index contributed by atoms with van der Waals surface area (Å²) in [5.41, 5.74) is 11.0. The molecular weight excluding hydrogens is 734 g/mol. The predicted octanol–water partition coefficient (Wildman–Crippen LogP) is 11.2. The summed E-state index contributed by atoms with van der Waals surface area (Å²) >= 11 is 30.0. The Bertz CT molecular complexity index is 1820. The van der Waals surface area contributed by atoms with Crippen molar-refractivity contribution >= 4 is 118 Å². The van der Waals surface area contributed by atoms with Crippen LogP contribution in [0.1, 0.15) is 15.9 Å². The van der Waals surface area contributed by atoms with Gasteiger partial charge < -0.3 is 21.0 Å². The molecular formula is C30H22Br2Cl4N4O. The van der Waals surface area contributed by atoms with Crippen LogP contribution in [0.5, 0.6) is 0 Å². The lowest BCUT2D eigenvalue weighted by Gasteiger charge is -2.07. The van der Waals surface area contributed by atoms with E-state index in [1.54, 1.807) is 30.5 Å². The Morgan fingerprint density at radius 1 is 0.707 bits per heavy atom. The molecule has 0 fully saturated rings. The second kappa shape index (κ2) is 14.5. The van der Waals surface area contributed by atoms with Crippen molar-refractivity contribution in [3.8, 4) is 0 Å². The average molecular weight is 756 g/mol. The first-order chi connectivity index (χ1) is 19.6. The third-order valence-electron chi connectivity index (χ3n) is 5.88. The zero-order valence-corrected chi connectivity index (χ0v) is 27.3. The zero-order valence-electron chi connectivity index (χ0n) is 21.1. The fourth-order valence-electron chi connectivity index (χ4n) is 3.82. The molecule has 41 heavy (non-hydrogen) atoms. The summed E-state index contributed by atoms with van der Waals surface area (Å²) in [6.45, 7) is 0.717. The number of hydrogen-bond acceptors (Lipinski definition) is 3. The SMILES string of the molecule is Clc1ccc(NCc2c[nH]c3ccc(Br)cc23)cc1Cl.Nc1ccc(Cl)c(Cl)c1.O=Cc1c[nH]c2ccc(Br)cc12. The number of carbonyl (C=O) groups excluding carboxylic acids is 1. The standard InChI is InChI=1S/C15H11BrCl2N2.C9H6BrNO.C6H5Cl2N/c16-10-1-4-15-12(5-10)9(8-20-15)7-19-11-2-3-13(17)14(18)6-11;10-7-1-2-9-8(3-7)6(5-12)4-11-9;7-5-2-1-4(9)3-6(5)8/h1-6,8,19-20H,7H2;1-5,11H;1-3H,9H2. The highest BCUT2D eigenvalue weighted by Crippen LogP contribution is 2.27. The number of rotatable bonds is 4. The smallest absolute Gasteiger partial charge is 0.152 e. The molecule has 6 rings (SSSR count). The van der Waals surface area contributed by atoms with Gasteiger partial charge in [0.05, 0.1) is 20.1 Å². The fourth-order valence-corrected chi connectivity index (χ4v) is 5.15. The van der Waals surface area contributed by atoms with E-state index in [-0.39, 0.29) is 0 Å². The Hall–Kier alpha value is -2.65. The maximum absolute atomic E-state index is 10.6. The van der Waals surface area contributed by atoms with Gasteiger partial charge in [0, 0.05) is 66.6 Å². The van der Waals surface area contributed by atoms with Gasteiger partial charge in [0.15, 0.2) is 6.29 Å². The van der Waals surface area contributed by atoms with Crippen LogP contribution in [0.3, 0.4) is 0 Å². The molecule has 0 aliphatic heterocycles. The Labute approximate surface area is 273 Å². The van der Waals surface area contributed by atoms with Crippen LogP contribution in [0, 0.1) is 0 Å². The summed E-state index contributed by atoms with van der Waals surface area (Å²) in [4.78, 5) is 16.8. The van der Waals surface area contributed by atoms with Crippen molar-refractivity contribution in [2.75, 3.05) is 11.1 Å². The van der Waals surface area contributed by atoms with Crippen molar-refractivity contribution in [1.82, 2.24) is 9.97 Å². The number of aromatic amines is 2. The van der Waals surface area contributed by atoms with Crippen molar-refractivity contribution in [2.24, 2.45) is 0 Å². The molecule has 0 bridgehead atoms. The van der Waals surface area contributed by atoms with Crippen molar-refractivity contribution in [1.29, 1.82) is 0 Å². The van der Waals surface area contributed by atoms with Gasteiger partial charge in [0.25, 0.3) is 0 Å². The maximum Gasteiger partial charge on any atom is 0.152 e. The van der Waals surface area contributed by atoms with Gasteiger partial charge in [-0.25, -0.2) is 0 Å². The summed E-state index contributed by atoms with van der Waals surface area (Å²) in [7, 11) is 0. The second-order valence-corrected chi connectivity index (χ2v) is 12.2. The third kappa shape index (κ3) is 8.44. The minimum atomic E-state index is 0.497. The van der Waals surface area contributed by atoms with E-state index in [0.29, 0.717) is 37.9 Å². The van der Waals surface area contributed by atoms with E-state index in [4.69, 9.17) is 52.1 Å². The van der Waals surface area contributed by atoms with E-state index in [9.17, 15) is 4.79 Å². The summed E-state index contributed by atoms with van der Waals surface area (Å²) in [6.07, 6.45) is 4.58. The number of nitrogen functional groups attached to an aromatic ring is 1. The normalized spacial score (nSPS) is 10.5. The van der Waals surface area contributed by atoms with E-state index in [2.05, 4.69) is 59.3 Å². The maximum atomic E-state index is 10.6. The first-order valence-electron chi connectivity index (χ1n) is 12.0. The molecule has 0 amide bonds. The largest absolute Gasteiger partial charge is 0.399 e. The second-order valence-electron chi connectivity index (χ2n) is 8.71. The van der Waals surface area contributed by atoms with Gasteiger partial charge in [-0.2, -0.15) is 0 Å². The van der Waals surface area contributed by atoms with Crippen LogP contribution >= 0.6 is 78.3 Å². The van der Waals surface area contributed by atoms with Crippen LogP contribution < -0.4 is 11.1 Å². The molecule has 5 N–H and O–H groups in total. The van der Waals surface area contributed by atoms with Crippen LogP contribution in [-0.2, 0) is 6.54 Å². The highest BCUT2D eigenvalue weighted by Gasteiger charge is 2.05. The van der Waals surface area contributed by atoms with E-state index < -0.39 is 0 Å². The first-order valence-corrected chi connectivity index (χ1v) is 15.1. The minimum absolute atomic E-state index is 0.497. The molecule has 5 nitrogen and oxygen atoms in total. The quantitative estimate of drug-likeness (QED) is 0.107. The lowest BCUT2D eigenvalue weighted by molar-refractivity contribution is 0.112. The molecule has 6 aromatic rings. The number of hydrogen-bond donors (Lipinski definition) is 4. The number of fused-ring (bicyclic) bond motifs is 2. The Morgan fingerprint density at radius 2 is 1.29 bits per heavy atom. The molecule has 4 aromatic carbocycles. The lowest BCUT2D eigenvalue weighted by atomic mass is 10.2. The summed E-state index contributed by atoms with van der Waals surface area (Å²) in [6, 6.07) is 22.5. The number of halogens is 6. The number of benzene rings is 4. The van der Waals surface area contributed by atoms with Gasteiger partial charge in [0.2, 0.25) is 0 Å². The van der Waals surface area contributed by atoms with Gasteiger partial charge in [-0.05, 0) is 78.4 Å². The molecule has 0 saturated heterocycles. The zero-order chi connectivity index (χ0) is 29.5. The molecule has 2 aromatic heterocycles. The highest BCUT2D eigenvalue weighted by molar-refractivity contribution is 9.10. The molecule has 0 aliphatic rings. The summed E-state index contributed by atoms with van der Waals surface area (Å²) in [5.74, 6) is 0. The van der Waals surface area contributed by atoms with Crippen LogP contribution in [0.2, 0.25) is 20.1 Å². The number of aldehydes is 1. The number of nitrogens with one attached hydrogen (secondary N) is 3.